The SMILES string of the molecule is C(=Cc1ccccc1N(c1ccccc1)c1ccc(-n2c3ccccc3c3ccccc32)cc1)c1ccccc1. The van der Waals surface area contributed by atoms with Gasteiger partial charge in [-0.2, -0.15) is 0 Å². The lowest BCUT2D eigenvalue weighted by Crippen LogP contribution is -2.11. The standard InChI is InChI=1S/C38H28N2/c1-3-13-29(14-4-1)23-24-30-15-7-10-20-36(30)39(31-16-5-2-6-17-31)32-25-27-33(28-26-32)40-37-21-11-8-18-34(37)35-19-9-12-22-38(35)40/h1-28H. The van der Waals surface area contributed by atoms with E-state index >= 15 is 0 Å². The van der Waals surface area contributed by atoms with Crippen molar-refractivity contribution < 1.29 is 0 Å². The van der Waals surface area contributed by atoms with E-state index in [1.807, 2.05) is 6.07 Å². The molecule has 0 atom stereocenters. The van der Waals surface area contributed by atoms with E-state index in [0.29, 0.717) is 0 Å². The van der Waals surface area contributed by atoms with Crippen molar-refractivity contribution in [2.75, 3.05) is 4.90 Å². The third-order valence-electron chi connectivity index (χ3n) is 7.39. The Hall–Kier alpha value is -5.34. The summed E-state index contributed by atoms with van der Waals surface area (Å²) in [7, 11) is 0. The minimum absolute atomic E-state index is 1.11. The molecule has 7 rings (SSSR count). The Morgan fingerprint density at radius 2 is 0.950 bits per heavy atom. The van der Waals surface area contributed by atoms with Gasteiger partial charge in [-0.15, -0.1) is 0 Å². The van der Waals surface area contributed by atoms with Crippen molar-refractivity contribution in [2.45, 2.75) is 0 Å². The first-order valence-corrected chi connectivity index (χ1v) is 13.6. The first kappa shape index (κ1) is 23.8. The first-order chi connectivity index (χ1) is 19.9. The first-order valence-electron chi connectivity index (χ1n) is 13.6. The molecule has 2 nitrogen and oxygen atoms in total. The fraction of sp³-hybridized carbons (Fsp3) is 0. The quantitative estimate of drug-likeness (QED) is 0.201. The van der Waals surface area contributed by atoms with Gasteiger partial charge >= 0.3 is 0 Å². The van der Waals surface area contributed by atoms with E-state index in [1.54, 1.807) is 0 Å². The van der Waals surface area contributed by atoms with Crippen LogP contribution in [0.25, 0.3) is 39.6 Å². The van der Waals surface area contributed by atoms with Crippen molar-refractivity contribution in [1.29, 1.82) is 0 Å². The highest BCUT2D eigenvalue weighted by atomic mass is 15.1. The lowest BCUT2D eigenvalue weighted by Gasteiger charge is -2.27. The zero-order valence-corrected chi connectivity index (χ0v) is 22.1. The largest absolute Gasteiger partial charge is 0.310 e. The van der Waals surface area contributed by atoms with Gasteiger partial charge in [0, 0.05) is 27.8 Å². The molecule has 0 fully saturated rings. The Morgan fingerprint density at radius 1 is 0.425 bits per heavy atom. The van der Waals surface area contributed by atoms with E-state index in [2.05, 4.69) is 173 Å². The van der Waals surface area contributed by atoms with Crippen molar-refractivity contribution in [3.05, 3.63) is 169 Å². The highest BCUT2D eigenvalue weighted by molar-refractivity contribution is 6.09. The Balaban J connectivity index is 1.34. The van der Waals surface area contributed by atoms with Crippen LogP contribution in [0.4, 0.5) is 17.1 Å². The molecule has 40 heavy (non-hydrogen) atoms. The van der Waals surface area contributed by atoms with Crippen LogP contribution in [0.2, 0.25) is 0 Å². The van der Waals surface area contributed by atoms with Crippen LogP contribution >= 0.6 is 0 Å². The molecule has 190 valence electrons. The second-order valence-electron chi connectivity index (χ2n) is 9.86. The number of benzene rings is 6. The lowest BCUT2D eigenvalue weighted by molar-refractivity contribution is 1.17. The second-order valence-corrected chi connectivity index (χ2v) is 9.86. The monoisotopic (exact) mass is 512 g/mol. The molecule has 0 unspecified atom stereocenters. The smallest absolute Gasteiger partial charge is 0.0541 e. The molecule has 0 saturated heterocycles. The number of para-hydroxylation sites is 4. The average molecular weight is 513 g/mol. The minimum atomic E-state index is 1.11. The molecule has 0 radical (unpaired) electrons. The topological polar surface area (TPSA) is 8.17 Å². The summed E-state index contributed by atoms with van der Waals surface area (Å²) in [5.41, 5.74) is 9.27. The summed E-state index contributed by atoms with van der Waals surface area (Å²) in [6, 6.07) is 55.8. The number of hydrogen-bond acceptors (Lipinski definition) is 1. The molecule has 2 heteroatoms. The van der Waals surface area contributed by atoms with Crippen molar-refractivity contribution in [2.24, 2.45) is 0 Å². The summed E-state index contributed by atoms with van der Waals surface area (Å²) in [5, 5.41) is 2.54. The van der Waals surface area contributed by atoms with Gasteiger partial charge in [0.2, 0.25) is 0 Å². The van der Waals surface area contributed by atoms with Gasteiger partial charge < -0.3 is 9.47 Å². The van der Waals surface area contributed by atoms with Crippen LogP contribution in [0.3, 0.4) is 0 Å². The van der Waals surface area contributed by atoms with Gasteiger partial charge in [-0.05, 0) is 65.7 Å². The van der Waals surface area contributed by atoms with Crippen LogP contribution in [0.15, 0.2) is 158 Å². The van der Waals surface area contributed by atoms with Crippen molar-refractivity contribution in [1.82, 2.24) is 4.57 Å². The number of anilines is 3. The van der Waals surface area contributed by atoms with Gasteiger partial charge in [-0.1, -0.05) is 115 Å². The molecular formula is C38H28N2. The van der Waals surface area contributed by atoms with Crippen molar-refractivity contribution in [3.63, 3.8) is 0 Å². The van der Waals surface area contributed by atoms with Crippen LogP contribution in [0.1, 0.15) is 11.1 Å². The summed E-state index contributed by atoms with van der Waals surface area (Å²) in [6.45, 7) is 0. The van der Waals surface area contributed by atoms with E-state index in [0.717, 1.165) is 28.3 Å². The van der Waals surface area contributed by atoms with E-state index in [4.69, 9.17) is 0 Å². The lowest BCUT2D eigenvalue weighted by atomic mass is 10.1. The second kappa shape index (κ2) is 10.4. The predicted octanol–water partition coefficient (Wildman–Crippen LogP) is 10.4. The molecule has 0 N–H and O–H groups in total. The molecule has 0 aliphatic carbocycles. The minimum Gasteiger partial charge on any atom is -0.310 e. The summed E-state index contributed by atoms with van der Waals surface area (Å²) in [5.74, 6) is 0. The summed E-state index contributed by atoms with van der Waals surface area (Å²) < 4.78 is 2.36. The van der Waals surface area contributed by atoms with Gasteiger partial charge in [0.15, 0.2) is 0 Å². The van der Waals surface area contributed by atoms with Crippen molar-refractivity contribution >= 4 is 51.0 Å². The van der Waals surface area contributed by atoms with Crippen LogP contribution in [-0.4, -0.2) is 4.57 Å². The molecule has 0 saturated carbocycles. The van der Waals surface area contributed by atoms with Crippen molar-refractivity contribution in [3.8, 4) is 5.69 Å². The fourth-order valence-electron chi connectivity index (χ4n) is 5.54. The summed E-state index contributed by atoms with van der Waals surface area (Å²) in [6.07, 6.45) is 4.38. The molecular weight excluding hydrogens is 484 g/mol. The van der Waals surface area contributed by atoms with E-state index in [-0.39, 0.29) is 0 Å². The maximum Gasteiger partial charge on any atom is 0.0541 e. The Labute approximate surface area is 234 Å². The van der Waals surface area contributed by atoms with Crippen LogP contribution in [0.5, 0.6) is 0 Å². The zero-order chi connectivity index (χ0) is 26.7. The number of nitrogens with zero attached hydrogens (tertiary/aromatic N) is 2. The molecule has 0 spiro atoms. The molecule has 7 aromatic rings. The summed E-state index contributed by atoms with van der Waals surface area (Å²) in [4.78, 5) is 2.33. The van der Waals surface area contributed by atoms with Gasteiger partial charge in [-0.3, -0.25) is 0 Å². The summed E-state index contributed by atoms with van der Waals surface area (Å²) >= 11 is 0. The van der Waals surface area contributed by atoms with Crippen LogP contribution in [0, 0.1) is 0 Å². The number of aromatic nitrogens is 1. The number of hydrogen-bond donors (Lipinski definition) is 0. The fourth-order valence-corrected chi connectivity index (χ4v) is 5.54. The Bertz CT molecular complexity index is 1880. The molecule has 0 aliphatic heterocycles. The van der Waals surface area contributed by atoms with Crippen LogP contribution in [-0.2, 0) is 0 Å². The number of fused-ring (bicyclic) bond motifs is 3. The van der Waals surface area contributed by atoms with Gasteiger partial charge in [0.1, 0.15) is 0 Å². The molecule has 1 aromatic heterocycles. The maximum absolute atomic E-state index is 2.36. The Morgan fingerprint density at radius 3 is 1.62 bits per heavy atom. The maximum atomic E-state index is 2.36. The molecule has 1 heterocycles. The third-order valence-corrected chi connectivity index (χ3v) is 7.39. The van der Waals surface area contributed by atoms with Gasteiger partial charge in [-0.25, -0.2) is 0 Å². The molecule has 0 aliphatic rings. The van der Waals surface area contributed by atoms with Gasteiger partial charge in [0.25, 0.3) is 0 Å². The van der Waals surface area contributed by atoms with E-state index in [1.165, 1.54) is 27.4 Å². The molecule has 6 aromatic carbocycles. The highest BCUT2D eigenvalue weighted by Crippen LogP contribution is 2.38. The highest BCUT2D eigenvalue weighted by Gasteiger charge is 2.16. The number of rotatable bonds is 6. The van der Waals surface area contributed by atoms with E-state index in [9.17, 15) is 0 Å². The van der Waals surface area contributed by atoms with Gasteiger partial charge in [0.05, 0.1) is 16.7 Å². The average Bonchev–Trinajstić information content (AvgIpc) is 3.37. The third kappa shape index (κ3) is 4.36. The Kier molecular flexibility index (Phi) is 6.20. The molecule has 0 amide bonds. The zero-order valence-electron chi connectivity index (χ0n) is 22.1. The van der Waals surface area contributed by atoms with E-state index < -0.39 is 0 Å². The normalized spacial score (nSPS) is 11.4. The molecule has 0 bridgehead atoms. The predicted molar refractivity (Wildman–Crippen MR) is 171 cm³/mol. The van der Waals surface area contributed by atoms with Crippen LogP contribution < -0.4 is 4.90 Å².